The molecule has 0 spiro atoms. The normalized spacial score (nSPS) is 13.5. The molecule has 0 atom stereocenters. The van der Waals surface area contributed by atoms with E-state index in [2.05, 4.69) is 20.2 Å². The molecular formula is C35H36FN5O5. The van der Waals surface area contributed by atoms with Crippen molar-refractivity contribution in [1.82, 2.24) is 19.4 Å². The first-order valence-corrected chi connectivity index (χ1v) is 15.2. The molecule has 1 aliphatic rings. The Morgan fingerprint density at radius 3 is 2.52 bits per heavy atom. The van der Waals surface area contributed by atoms with Gasteiger partial charge in [0.1, 0.15) is 5.75 Å². The Hall–Kier alpha value is -5.00. The van der Waals surface area contributed by atoms with E-state index < -0.39 is 5.82 Å². The van der Waals surface area contributed by atoms with Gasteiger partial charge < -0.3 is 24.3 Å². The van der Waals surface area contributed by atoms with Crippen LogP contribution in [-0.4, -0.2) is 66.0 Å². The molecule has 3 heterocycles. The van der Waals surface area contributed by atoms with Crippen molar-refractivity contribution < 1.29 is 23.3 Å². The SMILES string of the molecule is COc1cc2c(Oc3ccc(-c4cnc(Nc5ccc(C)cc5)n(C)c4=O)cc3F)ccnc2cc1OCCCN1CCOCC1. The third-order valence-corrected chi connectivity index (χ3v) is 7.91. The highest BCUT2D eigenvalue weighted by molar-refractivity contribution is 5.88. The highest BCUT2D eigenvalue weighted by Gasteiger charge is 2.17. The average Bonchev–Trinajstić information content (AvgIpc) is 3.07. The van der Waals surface area contributed by atoms with E-state index in [9.17, 15) is 4.79 Å². The number of halogens is 1. The topological polar surface area (TPSA) is 100.0 Å². The number of rotatable bonds is 11. The number of aromatic nitrogens is 3. The highest BCUT2D eigenvalue weighted by Crippen LogP contribution is 2.38. The second-order valence-electron chi connectivity index (χ2n) is 11.1. The van der Waals surface area contributed by atoms with Gasteiger partial charge >= 0.3 is 0 Å². The van der Waals surface area contributed by atoms with Crippen LogP contribution in [-0.2, 0) is 11.8 Å². The number of hydrogen-bond acceptors (Lipinski definition) is 9. The summed E-state index contributed by atoms with van der Waals surface area (Å²) in [5.74, 6) is 1.25. The number of nitrogens with zero attached hydrogens (tertiary/aromatic N) is 4. The fourth-order valence-corrected chi connectivity index (χ4v) is 5.28. The number of morpholine rings is 1. The molecule has 10 nitrogen and oxygen atoms in total. The number of ether oxygens (including phenoxy) is 4. The summed E-state index contributed by atoms with van der Waals surface area (Å²) in [7, 11) is 3.19. The van der Waals surface area contributed by atoms with Gasteiger partial charge in [-0.25, -0.2) is 9.37 Å². The fourth-order valence-electron chi connectivity index (χ4n) is 5.28. The second-order valence-corrected chi connectivity index (χ2v) is 11.1. The van der Waals surface area contributed by atoms with E-state index in [1.165, 1.54) is 22.9 Å². The van der Waals surface area contributed by atoms with Crippen LogP contribution in [0.3, 0.4) is 0 Å². The number of aryl methyl sites for hydroxylation is 1. The van der Waals surface area contributed by atoms with Gasteiger partial charge in [-0.1, -0.05) is 23.8 Å². The van der Waals surface area contributed by atoms with Crippen LogP contribution in [0.4, 0.5) is 16.0 Å². The molecule has 1 N–H and O–H groups in total. The molecule has 0 aliphatic carbocycles. The lowest BCUT2D eigenvalue weighted by atomic mass is 10.1. The lowest BCUT2D eigenvalue weighted by Crippen LogP contribution is -2.37. The van der Waals surface area contributed by atoms with Crippen LogP contribution in [0.1, 0.15) is 12.0 Å². The molecule has 2 aromatic heterocycles. The van der Waals surface area contributed by atoms with Crippen molar-refractivity contribution >= 4 is 22.5 Å². The van der Waals surface area contributed by atoms with Gasteiger partial charge in [-0.15, -0.1) is 0 Å². The Labute approximate surface area is 266 Å². The van der Waals surface area contributed by atoms with Gasteiger partial charge in [0.15, 0.2) is 23.1 Å². The number of fused-ring (bicyclic) bond motifs is 1. The molecule has 5 aromatic rings. The Morgan fingerprint density at radius 2 is 1.76 bits per heavy atom. The Morgan fingerprint density at radius 1 is 0.957 bits per heavy atom. The first kappa shape index (κ1) is 31.0. The van der Waals surface area contributed by atoms with Crippen LogP contribution in [0.2, 0.25) is 0 Å². The summed E-state index contributed by atoms with van der Waals surface area (Å²) in [5, 5.41) is 3.79. The molecule has 0 unspecified atom stereocenters. The third-order valence-electron chi connectivity index (χ3n) is 7.91. The monoisotopic (exact) mass is 625 g/mol. The van der Waals surface area contributed by atoms with E-state index in [4.69, 9.17) is 18.9 Å². The van der Waals surface area contributed by atoms with Crippen molar-refractivity contribution in [3.05, 3.63) is 94.8 Å². The Bertz CT molecular complexity index is 1890. The Balaban J connectivity index is 1.17. The number of pyridine rings is 1. The van der Waals surface area contributed by atoms with E-state index in [0.29, 0.717) is 46.3 Å². The summed E-state index contributed by atoms with van der Waals surface area (Å²) in [4.78, 5) is 24.5. The van der Waals surface area contributed by atoms with Crippen LogP contribution in [0.5, 0.6) is 23.0 Å². The van der Waals surface area contributed by atoms with Gasteiger partial charge in [-0.05, 0) is 55.3 Å². The van der Waals surface area contributed by atoms with Crippen molar-refractivity contribution in [1.29, 1.82) is 0 Å². The first-order valence-electron chi connectivity index (χ1n) is 15.2. The van der Waals surface area contributed by atoms with Crippen LogP contribution in [0, 0.1) is 12.7 Å². The van der Waals surface area contributed by atoms with E-state index in [1.807, 2.05) is 31.2 Å². The summed E-state index contributed by atoms with van der Waals surface area (Å²) >= 11 is 0. The van der Waals surface area contributed by atoms with Gasteiger partial charge in [0.05, 0.1) is 38.0 Å². The number of hydrogen-bond donors (Lipinski definition) is 1. The molecule has 6 rings (SSSR count). The quantitative estimate of drug-likeness (QED) is 0.175. The number of benzene rings is 3. The van der Waals surface area contributed by atoms with E-state index >= 15 is 4.39 Å². The summed E-state index contributed by atoms with van der Waals surface area (Å²) in [6.07, 6.45) is 3.91. The van der Waals surface area contributed by atoms with Crippen molar-refractivity contribution in [2.45, 2.75) is 13.3 Å². The lowest BCUT2D eigenvalue weighted by molar-refractivity contribution is 0.0357. The third kappa shape index (κ3) is 6.95. The van der Waals surface area contributed by atoms with Gasteiger partial charge in [-0.2, -0.15) is 0 Å². The molecule has 0 saturated carbocycles. The number of nitrogens with one attached hydrogen (secondary N) is 1. The highest BCUT2D eigenvalue weighted by atomic mass is 19.1. The summed E-state index contributed by atoms with van der Waals surface area (Å²) in [5.41, 5.74) is 2.88. The molecule has 0 amide bonds. The molecular weight excluding hydrogens is 589 g/mol. The molecule has 238 valence electrons. The Kier molecular flexibility index (Phi) is 9.41. The van der Waals surface area contributed by atoms with Gasteiger partial charge in [0, 0.05) is 56.2 Å². The minimum atomic E-state index is -0.626. The van der Waals surface area contributed by atoms with Gasteiger partial charge in [-0.3, -0.25) is 19.2 Å². The molecule has 1 aliphatic heterocycles. The van der Waals surface area contributed by atoms with Crippen LogP contribution < -0.4 is 25.1 Å². The fraction of sp³-hybridized carbons (Fsp3) is 0.286. The van der Waals surface area contributed by atoms with Crippen molar-refractivity contribution in [3.63, 3.8) is 0 Å². The van der Waals surface area contributed by atoms with Crippen molar-refractivity contribution in [3.8, 4) is 34.1 Å². The maximum absolute atomic E-state index is 15.4. The van der Waals surface area contributed by atoms with Crippen LogP contribution in [0.15, 0.2) is 77.9 Å². The zero-order valence-corrected chi connectivity index (χ0v) is 26.1. The average molecular weight is 626 g/mol. The molecule has 46 heavy (non-hydrogen) atoms. The number of anilines is 2. The molecule has 0 radical (unpaired) electrons. The van der Waals surface area contributed by atoms with Gasteiger partial charge in [0.2, 0.25) is 5.95 Å². The number of methoxy groups -OCH3 is 1. The maximum atomic E-state index is 15.4. The van der Waals surface area contributed by atoms with Crippen molar-refractivity contribution in [2.75, 3.05) is 51.9 Å². The maximum Gasteiger partial charge on any atom is 0.262 e. The molecule has 1 saturated heterocycles. The minimum Gasteiger partial charge on any atom is -0.493 e. The van der Waals surface area contributed by atoms with E-state index in [1.54, 1.807) is 44.6 Å². The molecule has 11 heteroatoms. The molecule has 3 aromatic carbocycles. The summed E-state index contributed by atoms with van der Waals surface area (Å²) in [6, 6.07) is 17.4. The van der Waals surface area contributed by atoms with Crippen LogP contribution in [0.25, 0.3) is 22.0 Å². The smallest absolute Gasteiger partial charge is 0.262 e. The minimum absolute atomic E-state index is 0.00102. The summed E-state index contributed by atoms with van der Waals surface area (Å²) in [6.45, 7) is 6.86. The van der Waals surface area contributed by atoms with Gasteiger partial charge in [0.25, 0.3) is 5.56 Å². The zero-order valence-electron chi connectivity index (χ0n) is 26.1. The lowest BCUT2D eigenvalue weighted by Gasteiger charge is -2.26. The van der Waals surface area contributed by atoms with E-state index in [0.717, 1.165) is 50.5 Å². The predicted octanol–water partition coefficient (Wildman–Crippen LogP) is 6.09. The standard InChI is InChI=1S/C35H36FN5O5/c1-23-5-8-25(9-6-23)39-35-38-22-27(34(42)40(35)2)24-7-10-31(28(36)19-24)46-30-11-12-37-29-21-33(32(43-3)20-26(29)30)45-16-4-13-41-14-17-44-18-15-41/h5-12,19-22H,4,13-18H2,1-3H3,(H,38,39). The zero-order chi connectivity index (χ0) is 32.0. The second kappa shape index (κ2) is 14.0. The van der Waals surface area contributed by atoms with Crippen molar-refractivity contribution in [2.24, 2.45) is 7.05 Å². The first-order chi connectivity index (χ1) is 22.4. The molecule has 1 fully saturated rings. The largest absolute Gasteiger partial charge is 0.493 e. The van der Waals surface area contributed by atoms with E-state index in [-0.39, 0.29) is 16.9 Å². The van der Waals surface area contributed by atoms with Crippen LogP contribution >= 0.6 is 0 Å². The predicted molar refractivity (Wildman–Crippen MR) is 175 cm³/mol. The summed E-state index contributed by atoms with van der Waals surface area (Å²) < 4.78 is 39.9. The molecule has 0 bridgehead atoms.